The first-order valence-electron chi connectivity index (χ1n) is 7.34. The molecule has 5 nitrogen and oxygen atoms in total. The van der Waals surface area contributed by atoms with E-state index in [4.69, 9.17) is 0 Å². The number of rotatable bonds is 5. The highest BCUT2D eigenvalue weighted by molar-refractivity contribution is 7.89. The molecule has 1 aromatic rings. The topological polar surface area (TPSA) is 52.7 Å². The van der Waals surface area contributed by atoms with E-state index in [-0.39, 0.29) is 0 Å². The fourth-order valence-electron chi connectivity index (χ4n) is 2.76. The van der Waals surface area contributed by atoms with E-state index in [9.17, 15) is 8.42 Å². The van der Waals surface area contributed by atoms with E-state index >= 15 is 0 Å². The van der Waals surface area contributed by atoms with Crippen molar-refractivity contribution in [2.24, 2.45) is 0 Å². The molecule has 1 atom stereocenters. The van der Waals surface area contributed by atoms with Gasteiger partial charge < -0.3 is 10.2 Å². The lowest BCUT2D eigenvalue weighted by molar-refractivity contribution is 0.144. The zero-order chi connectivity index (χ0) is 15.6. The normalized spacial score (nSPS) is 21.8. The van der Waals surface area contributed by atoms with E-state index in [1.165, 1.54) is 0 Å². The minimum absolute atomic E-state index is 0.309. The first kappa shape index (κ1) is 16.9. The minimum Gasteiger partial charge on any atom is -0.315 e. The van der Waals surface area contributed by atoms with Crippen molar-refractivity contribution in [3.05, 3.63) is 15.8 Å². The molecule has 0 bridgehead atoms. The molecule has 120 valence electrons. The molecule has 0 spiro atoms. The fraction of sp³-hybridized carbons (Fsp3) is 0.714. The molecule has 1 unspecified atom stereocenters. The summed E-state index contributed by atoms with van der Waals surface area (Å²) < 4.78 is 27.4. The maximum absolute atomic E-state index is 12.9. The Bertz CT molecular complexity index is 583. The Balaban J connectivity index is 2.25. The van der Waals surface area contributed by atoms with Crippen molar-refractivity contribution in [1.82, 2.24) is 14.5 Å². The molecule has 2 heterocycles. The van der Waals surface area contributed by atoms with Crippen molar-refractivity contribution in [1.29, 1.82) is 0 Å². The summed E-state index contributed by atoms with van der Waals surface area (Å²) in [6.45, 7) is 6.67. The monoisotopic (exact) mass is 331 g/mol. The summed E-state index contributed by atoms with van der Waals surface area (Å²) in [6.07, 6.45) is 0.968. The second-order valence-electron chi connectivity index (χ2n) is 5.57. The number of likely N-dealkylation sites (N-methyl/N-ethyl adjacent to an activating group) is 1. The third-order valence-corrected chi connectivity index (χ3v) is 7.27. The van der Waals surface area contributed by atoms with Crippen LogP contribution in [0.4, 0.5) is 0 Å². The fourth-order valence-corrected chi connectivity index (χ4v) is 5.84. The van der Waals surface area contributed by atoms with E-state index in [1.54, 1.807) is 15.6 Å². The quantitative estimate of drug-likeness (QED) is 0.888. The first-order chi connectivity index (χ1) is 9.90. The molecular formula is C14H25N3O2S2. The van der Waals surface area contributed by atoms with Crippen molar-refractivity contribution in [2.45, 2.75) is 37.8 Å². The van der Waals surface area contributed by atoms with Gasteiger partial charge >= 0.3 is 0 Å². The zero-order valence-electron chi connectivity index (χ0n) is 13.2. The maximum atomic E-state index is 12.9. The number of hydrogen-bond donors (Lipinski definition) is 1. The lowest BCUT2D eigenvalue weighted by Gasteiger charge is -2.38. The van der Waals surface area contributed by atoms with Gasteiger partial charge in [0.25, 0.3) is 0 Å². The predicted molar refractivity (Wildman–Crippen MR) is 87.3 cm³/mol. The van der Waals surface area contributed by atoms with Crippen LogP contribution in [0.3, 0.4) is 0 Å². The molecule has 0 saturated carbocycles. The number of piperazine rings is 1. The number of sulfonamides is 1. The van der Waals surface area contributed by atoms with Gasteiger partial charge in [0.05, 0.1) is 4.90 Å². The number of aryl methyl sites for hydroxylation is 1. The molecule has 0 aromatic carbocycles. The van der Waals surface area contributed by atoms with Crippen molar-refractivity contribution in [2.75, 3.05) is 33.7 Å². The van der Waals surface area contributed by atoms with Crippen LogP contribution in [0.5, 0.6) is 0 Å². The summed E-state index contributed by atoms with van der Waals surface area (Å²) in [7, 11) is 0.572. The molecule has 2 rings (SSSR count). The van der Waals surface area contributed by atoms with Crippen molar-refractivity contribution in [3.8, 4) is 0 Å². The second-order valence-corrected chi connectivity index (χ2v) is 8.82. The zero-order valence-corrected chi connectivity index (χ0v) is 14.9. The third kappa shape index (κ3) is 3.48. The van der Waals surface area contributed by atoms with Gasteiger partial charge in [-0.15, -0.1) is 11.3 Å². The summed E-state index contributed by atoms with van der Waals surface area (Å²) in [5, 5.41) is 3.07. The van der Waals surface area contributed by atoms with Gasteiger partial charge in [-0.2, -0.15) is 4.31 Å². The molecule has 0 radical (unpaired) electrons. The van der Waals surface area contributed by atoms with Gasteiger partial charge in [0.15, 0.2) is 0 Å². The van der Waals surface area contributed by atoms with E-state index in [2.05, 4.69) is 24.2 Å². The van der Waals surface area contributed by atoms with Crippen LogP contribution in [-0.2, 0) is 16.6 Å². The van der Waals surface area contributed by atoms with Crippen molar-refractivity contribution >= 4 is 21.4 Å². The largest absolute Gasteiger partial charge is 0.315 e. The Labute approximate surface area is 132 Å². The molecular weight excluding hydrogens is 306 g/mol. The highest BCUT2D eigenvalue weighted by Gasteiger charge is 2.33. The van der Waals surface area contributed by atoms with Crippen LogP contribution in [0.15, 0.2) is 11.0 Å². The lowest BCUT2D eigenvalue weighted by atomic mass is 10.1. The highest BCUT2D eigenvalue weighted by Crippen LogP contribution is 2.29. The molecule has 1 aliphatic heterocycles. The van der Waals surface area contributed by atoms with Crippen molar-refractivity contribution in [3.63, 3.8) is 0 Å². The highest BCUT2D eigenvalue weighted by atomic mass is 32.2. The van der Waals surface area contributed by atoms with Gasteiger partial charge in [-0.1, -0.05) is 6.92 Å². The van der Waals surface area contributed by atoms with Gasteiger partial charge in [0, 0.05) is 42.0 Å². The van der Waals surface area contributed by atoms with Gasteiger partial charge in [0.2, 0.25) is 10.0 Å². The van der Waals surface area contributed by atoms with Crippen molar-refractivity contribution < 1.29 is 8.42 Å². The lowest BCUT2D eigenvalue weighted by Crippen LogP contribution is -2.52. The maximum Gasteiger partial charge on any atom is 0.244 e. The summed E-state index contributed by atoms with van der Waals surface area (Å²) in [5.41, 5.74) is 0. The Morgan fingerprint density at radius 2 is 2.14 bits per heavy atom. The Hall–Kier alpha value is -0.470. The average Bonchev–Trinajstić information content (AvgIpc) is 2.81. The second kappa shape index (κ2) is 6.75. The number of hydrogen-bond acceptors (Lipinski definition) is 5. The van der Waals surface area contributed by atoms with Crippen LogP contribution in [0.1, 0.15) is 23.1 Å². The first-order valence-corrected chi connectivity index (χ1v) is 9.60. The standard InChI is InChI=1S/C14H25N3O2S2/c1-5-12-10-17(7-6-16(12)4)21(18,19)14-8-13(9-15-3)20-11(14)2/h8,12,15H,5-7,9-10H2,1-4H3. The Morgan fingerprint density at radius 1 is 1.43 bits per heavy atom. The molecule has 7 heteroatoms. The Morgan fingerprint density at radius 3 is 2.76 bits per heavy atom. The molecule has 0 amide bonds. The van der Waals surface area contributed by atoms with Crippen LogP contribution in [0.2, 0.25) is 0 Å². The van der Waals surface area contributed by atoms with Crippen LogP contribution in [0.25, 0.3) is 0 Å². The number of nitrogens with one attached hydrogen (secondary N) is 1. The van der Waals surface area contributed by atoms with E-state index in [0.717, 1.165) is 22.7 Å². The number of thiophene rings is 1. The Kier molecular flexibility index (Phi) is 5.43. The molecule has 0 aliphatic carbocycles. The van der Waals surface area contributed by atoms with Gasteiger partial charge in [-0.05, 0) is 33.5 Å². The predicted octanol–water partition coefficient (Wildman–Crippen LogP) is 1.49. The van der Waals surface area contributed by atoms with E-state index in [1.807, 2.05) is 20.0 Å². The molecule has 1 aliphatic rings. The van der Waals surface area contributed by atoms with Crippen LogP contribution < -0.4 is 5.32 Å². The summed E-state index contributed by atoms with van der Waals surface area (Å²) in [5.74, 6) is 0. The average molecular weight is 332 g/mol. The smallest absolute Gasteiger partial charge is 0.244 e. The van der Waals surface area contributed by atoms with E-state index < -0.39 is 10.0 Å². The van der Waals surface area contributed by atoms with Gasteiger partial charge in [-0.3, -0.25) is 0 Å². The minimum atomic E-state index is -3.37. The molecule has 1 saturated heterocycles. The molecule has 1 fully saturated rings. The summed E-state index contributed by atoms with van der Waals surface area (Å²) in [4.78, 5) is 4.68. The van der Waals surface area contributed by atoms with E-state index in [0.29, 0.717) is 30.6 Å². The van der Waals surface area contributed by atoms with Crippen LogP contribution in [0, 0.1) is 6.92 Å². The van der Waals surface area contributed by atoms with Crippen LogP contribution in [-0.4, -0.2) is 57.4 Å². The SMILES string of the molecule is CCC1CN(S(=O)(=O)c2cc(CNC)sc2C)CCN1C. The summed E-state index contributed by atoms with van der Waals surface area (Å²) in [6, 6.07) is 2.13. The molecule has 1 aromatic heterocycles. The summed E-state index contributed by atoms with van der Waals surface area (Å²) >= 11 is 1.56. The van der Waals surface area contributed by atoms with Crippen LogP contribution >= 0.6 is 11.3 Å². The van der Waals surface area contributed by atoms with Gasteiger partial charge in [0.1, 0.15) is 0 Å². The van der Waals surface area contributed by atoms with Gasteiger partial charge in [-0.25, -0.2) is 8.42 Å². The number of nitrogens with zero attached hydrogens (tertiary/aromatic N) is 2. The molecule has 1 N–H and O–H groups in total. The molecule has 21 heavy (non-hydrogen) atoms. The third-order valence-electron chi connectivity index (χ3n) is 4.10.